The summed E-state index contributed by atoms with van der Waals surface area (Å²) in [5.74, 6) is 0.0291. The lowest BCUT2D eigenvalue weighted by atomic mass is 10.1. The molecule has 0 saturated heterocycles. The van der Waals surface area contributed by atoms with Crippen LogP contribution in [0.5, 0.6) is 0 Å². The molecule has 2 N–H and O–H groups in total. The summed E-state index contributed by atoms with van der Waals surface area (Å²) >= 11 is 1.45. The van der Waals surface area contributed by atoms with Gasteiger partial charge in [0.2, 0.25) is 0 Å². The molecule has 0 aliphatic carbocycles. The number of carbonyl (C=O) groups excluding carboxylic acids is 1. The maximum absolute atomic E-state index is 11.3. The number of benzene rings is 1. The highest BCUT2D eigenvalue weighted by molar-refractivity contribution is 7.18. The third-order valence-corrected chi connectivity index (χ3v) is 3.68. The van der Waals surface area contributed by atoms with Gasteiger partial charge in [-0.3, -0.25) is 4.79 Å². The smallest absolute Gasteiger partial charge is 0.171 e. The van der Waals surface area contributed by atoms with Crippen molar-refractivity contribution in [2.24, 2.45) is 0 Å². The number of hydrogen-bond donors (Lipinski definition) is 1. The van der Waals surface area contributed by atoms with Crippen LogP contribution in [-0.2, 0) is 0 Å². The van der Waals surface area contributed by atoms with Crippen molar-refractivity contribution in [3.05, 3.63) is 40.8 Å². The molecular weight excluding hydrogens is 218 g/mol. The molecule has 3 heteroatoms. The van der Waals surface area contributed by atoms with Gasteiger partial charge in [-0.2, -0.15) is 0 Å². The monoisotopic (exact) mass is 231 g/mol. The van der Waals surface area contributed by atoms with Gasteiger partial charge in [0, 0.05) is 11.8 Å². The highest BCUT2D eigenvalue weighted by atomic mass is 32.1. The van der Waals surface area contributed by atoms with E-state index in [0.717, 1.165) is 10.4 Å². The summed E-state index contributed by atoms with van der Waals surface area (Å²) in [6.07, 6.45) is 0. The molecule has 1 aromatic carbocycles. The van der Waals surface area contributed by atoms with E-state index in [2.05, 4.69) is 6.07 Å². The fourth-order valence-corrected chi connectivity index (χ4v) is 2.59. The summed E-state index contributed by atoms with van der Waals surface area (Å²) in [5, 5.41) is 0. The SMILES string of the molecule is CC(=O)c1sc(-c2cccc(C)c2)cc1N. The Morgan fingerprint density at radius 1 is 1.31 bits per heavy atom. The largest absolute Gasteiger partial charge is 0.397 e. The first kappa shape index (κ1) is 10.9. The third-order valence-electron chi connectivity index (χ3n) is 2.38. The number of ketones is 1. The van der Waals surface area contributed by atoms with E-state index >= 15 is 0 Å². The summed E-state index contributed by atoms with van der Waals surface area (Å²) in [7, 11) is 0. The molecule has 0 unspecified atom stereocenters. The Bertz CT molecular complexity index is 543. The van der Waals surface area contributed by atoms with Crippen LogP contribution in [0.4, 0.5) is 5.69 Å². The first-order valence-electron chi connectivity index (χ1n) is 5.05. The van der Waals surface area contributed by atoms with E-state index in [0.29, 0.717) is 10.6 Å². The first-order chi connectivity index (χ1) is 7.58. The molecule has 2 aromatic rings. The molecule has 0 fully saturated rings. The zero-order chi connectivity index (χ0) is 11.7. The van der Waals surface area contributed by atoms with Crippen LogP contribution in [-0.4, -0.2) is 5.78 Å². The number of rotatable bonds is 2. The molecule has 2 nitrogen and oxygen atoms in total. The Labute approximate surface area is 98.7 Å². The van der Waals surface area contributed by atoms with E-state index in [1.807, 2.05) is 31.2 Å². The molecule has 0 aliphatic heterocycles. The van der Waals surface area contributed by atoms with E-state index in [4.69, 9.17) is 5.73 Å². The van der Waals surface area contributed by atoms with Crippen molar-refractivity contribution in [2.75, 3.05) is 5.73 Å². The van der Waals surface area contributed by atoms with E-state index in [-0.39, 0.29) is 5.78 Å². The summed E-state index contributed by atoms with van der Waals surface area (Å²) in [5.41, 5.74) is 8.70. The van der Waals surface area contributed by atoms with Crippen LogP contribution in [0.15, 0.2) is 30.3 Å². The molecule has 1 heterocycles. The second-order valence-corrected chi connectivity index (χ2v) is 4.87. The van der Waals surface area contributed by atoms with Gasteiger partial charge in [0.1, 0.15) is 0 Å². The topological polar surface area (TPSA) is 43.1 Å². The number of hydrogen-bond acceptors (Lipinski definition) is 3. The molecule has 0 bridgehead atoms. The number of anilines is 1. The standard InChI is InChI=1S/C13H13NOS/c1-8-4-3-5-10(6-8)12-7-11(14)13(16-12)9(2)15/h3-7H,14H2,1-2H3. The normalized spacial score (nSPS) is 10.4. The van der Waals surface area contributed by atoms with Crippen LogP contribution in [0.2, 0.25) is 0 Å². The minimum Gasteiger partial charge on any atom is -0.397 e. The third kappa shape index (κ3) is 1.99. The molecule has 0 saturated carbocycles. The van der Waals surface area contributed by atoms with Crippen molar-refractivity contribution in [3.8, 4) is 10.4 Å². The van der Waals surface area contributed by atoms with Crippen LogP contribution in [0.3, 0.4) is 0 Å². The molecule has 0 amide bonds. The molecule has 1 aromatic heterocycles. The van der Waals surface area contributed by atoms with Crippen LogP contribution in [0.1, 0.15) is 22.2 Å². The number of carbonyl (C=O) groups is 1. The predicted molar refractivity (Wildman–Crippen MR) is 68.9 cm³/mol. The number of Topliss-reactive ketones (excluding diaryl/α,β-unsaturated/α-hetero) is 1. The van der Waals surface area contributed by atoms with Gasteiger partial charge in [-0.15, -0.1) is 11.3 Å². The molecule has 0 spiro atoms. The van der Waals surface area contributed by atoms with Crippen molar-refractivity contribution >= 4 is 22.8 Å². The Balaban J connectivity index is 2.49. The van der Waals surface area contributed by atoms with Crippen molar-refractivity contribution < 1.29 is 4.79 Å². The fraction of sp³-hybridized carbons (Fsp3) is 0.154. The van der Waals surface area contributed by atoms with Gasteiger partial charge < -0.3 is 5.73 Å². The molecule has 82 valence electrons. The maximum atomic E-state index is 11.3. The highest BCUT2D eigenvalue weighted by Crippen LogP contribution is 2.33. The van der Waals surface area contributed by atoms with Gasteiger partial charge in [0.05, 0.1) is 10.6 Å². The quantitative estimate of drug-likeness (QED) is 0.804. The van der Waals surface area contributed by atoms with E-state index in [9.17, 15) is 4.79 Å². The minimum absolute atomic E-state index is 0.0291. The van der Waals surface area contributed by atoms with Gasteiger partial charge in [-0.25, -0.2) is 0 Å². The summed E-state index contributed by atoms with van der Waals surface area (Å²) in [6.45, 7) is 3.59. The molecule has 0 radical (unpaired) electrons. The van der Waals surface area contributed by atoms with Crippen LogP contribution in [0, 0.1) is 6.92 Å². The van der Waals surface area contributed by atoms with Crippen molar-refractivity contribution in [2.45, 2.75) is 13.8 Å². The molecule has 0 aliphatic rings. The second kappa shape index (κ2) is 4.10. The van der Waals surface area contributed by atoms with E-state index < -0.39 is 0 Å². The van der Waals surface area contributed by atoms with E-state index in [1.54, 1.807) is 6.92 Å². The lowest BCUT2D eigenvalue weighted by Gasteiger charge is -1.97. The second-order valence-electron chi connectivity index (χ2n) is 3.82. The lowest BCUT2D eigenvalue weighted by Crippen LogP contribution is -1.92. The fourth-order valence-electron chi connectivity index (χ4n) is 1.62. The molecule has 16 heavy (non-hydrogen) atoms. The van der Waals surface area contributed by atoms with Crippen LogP contribution in [0.25, 0.3) is 10.4 Å². The number of aryl methyl sites for hydroxylation is 1. The van der Waals surface area contributed by atoms with Crippen LogP contribution < -0.4 is 5.73 Å². The van der Waals surface area contributed by atoms with Gasteiger partial charge in [-0.1, -0.05) is 29.8 Å². The number of nitrogens with two attached hydrogens (primary N) is 1. The Kier molecular flexibility index (Phi) is 2.79. The molecule has 2 rings (SSSR count). The predicted octanol–water partition coefficient (Wildman–Crippen LogP) is 3.51. The van der Waals surface area contributed by atoms with Crippen molar-refractivity contribution in [1.82, 2.24) is 0 Å². The zero-order valence-electron chi connectivity index (χ0n) is 9.28. The molecular formula is C13H13NOS. The van der Waals surface area contributed by atoms with Crippen molar-refractivity contribution in [1.29, 1.82) is 0 Å². The lowest BCUT2D eigenvalue weighted by molar-refractivity contribution is 0.102. The van der Waals surface area contributed by atoms with Crippen LogP contribution >= 0.6 is 11.3 Å². The zero-order valence-corrected chi connectivity index (χ0v) is 10.1. The Morgan fingerprint density at radius 2 is 2.06 bits per heavy atom. The van der Waals surface area contributed by atoms with Gasteiger partial charge in [-0.05, 0) is 18.6 Å². The average molecular weight is 231 g/mol. The summed E-state index contributed by atoms with van der Waals surface area (Å²) < 4.78 is 0. The number of nitrogen functional groups attached to an aromatic ring is 1. The van der Waals surface area contributed by atoms with Gasteiger partial charge in [0.25, 0.3) is 0 Å². The highest BCUT2D eigenvalue weighted by Gasteiger charge is 2.11. The summed E-state index contributed by atoms with van der Waals surface area (Å²) in [6, 6.07) is 10.0. The minimum atomic E-state index is 0.0291. The Morgan fingerprint density at radius 3 is 2.62 bits per heavy atom. The first-order valence-corrected chi connectivity index (χ1v) is 5.87. The van der Waals surface area contributed by atoms with Crippen molar-refractivity contribution in [3.63, 3.8) is 0 Å². The average Bonchev–Trinajstić information content (AvgIpc) is 2.60. The van der Waals surface area contributed by atoms with Gasteiger partial charge >= 0.3 is 0 Å². The summed E-state index contributed by atoms with van der Waals surface area (Å²) in [4.78, 5) is 13.0. The number of thiophene rings is 1. The maximum Gasteiger partial charge on any atom is 0.171 e. The molecule has 0 atom stereocenters. The van der Waals surface area contributed by atoms with E-state index in [1.165, 1.54) is 16.9 Å². The Hall–Kier alpha value is -1.61. The van der Waals surface area contributed by atoms with Gasteiger partial charge in [0.15, 0.2) is 5.78 Å².